The van der Waals surface area contributed by atoms with Crippen molar-refractivity contribution in [2.45, 2.75) is 6.42 Å². The van der Waals surface area contributed by atoms with E-state index in [1.54, 1.807) is 6.07 Å². The molecule has 1 aromatic rings. The monoisotopic (exact) mass is 378 g/mol. The first-order valence-corrected chi connectivity index (χ1v) is 9.12. The zero-order chi connectivity index (χ0) is 15.6. The molecule has 116 valence electrons. The van der Waals surface area contributed by atoms with Crippen molar-refractivity contribution in [1.29, 1.82) is 0 Å². The Morgan fingerprint density at radius 3 is 2.57 bits per heavy atom. The van der Waals surface area contributed by atoms with Gasteiger partial charge in [0.25, 0.3) is 5.91 Å². The van der Waals surface area contributed by atoms with Crippen LogP contribution in [0.3, 0.4) is 0 Å². The van der Waals surface area contributed by atoms with E-state index < -0.39 is 21.7 Å². The van der Waals surface area contributed by atoms with Gasteiger partial charge in [0.2, 0.25) is 10.0 Å². The molecule has 1 fully saturated rings. The standard InChI is InChI=1S/C13H16BrFN2O3S/c1-21(19,20)17-6-2-5-16(7-8-17)13(18)11-4-3-10(14)9-12(11)15/h3-4,9H,2,5-8H2,1H3. The van der Waals surface area contributed by atoms with Crippen LogP contribution in [0.5, 0.6) is 0 Å². The van der Waals surface area contributed by atoms with Gasteiger partial charge in [0, 0.05) is 30.7 Å². The van der Waals surface area contributed by atoms with E-state index in [4.69, 9.17) is 0 Å². The summed E-state index contributed by atoms with van der Waals surface area (Å²) < 4.78 is 38.8. The van der Waals surface area contributed by atoms with Crippen LogP contribution in [0, 0.1) is 5.82 Å². The summed E-state index contributed by atoms with van der Waals surface area (Å²) in [6.07, 6.45) is 1.69. The van der Waals surface area contributed by atoms with Crippen LogP contribution in [0.4, 0.5) is 4.39 Å². The fourth-order valence-electron chi connectivity index (χ4n) is 2.26. The van der Waals surface area contributed by atoms with Gasteiger partial charge in [-0.2, -0.15) is 0 Å². The molecule has 5 nitrogen and oxygen atoms in total. The van der Waals surface area contributed by atoms with Gasteiger partial charge in [-0.25, -0.2) is 17.1 Å². The molecule has 0 aliphatic carbocycles. The molecule has 1 heterocycles. The van der Waals surface area contributed by atoms with Crippen molar-refractivity contribution >= 4 is 31.9 Å². The highest BCUT2D eigenvalue weighted by Crippen LogP contribution is 2.18. The molecule has 2 rings (SSSR count). The molecule has 21 heavy (non-hydrogen) atoms. The summed E-state index contributed by atoms with van der Waals surface area (Å²) in [5.41, 5.74) is 0.00556. The lowest BCUT2D eigenvalue weighted by Crippen LogP contribution is -2.37. The van der Waals surface area contributed by atoms with E-state index in [-0.39, 0.29) is 18.7 Å². The van der Waals surface area contributed by atoms with E-state index in [1.807, 2.05) is 0 Å². The van der Waals surface area contributed by atoms with Crippen molar-refractivity contribution in [3.05, 3.63) is 34.1 Å². The molecule has 1 aliphatic rings. The SMILES string of the molecule is CS(=O)(=O)N1CCCN(C(=O)c2ccc(Br)cc2F)CC1. The molecular formula is C13H16BrFN2O3S. The summed E-state index contributed by atoms with van der Waals surface area (Å²) in [5.74, 6) is -0.992. The molecule has 0 saturated carbocycles. The lowest BCUT2D eigenvalue weighted by Gasteiger charge is -2.21. The number of hydrogen-bond acceptors (Lipinski definition) is 3. The molecule has 0 radical (unpaired) electrons. The Bertz CT molecular complexity index is 651. The summed E-state index contributed by atoms with van der Waals surface area (Å²) in [6.45, 7) is 1.30. The maximum atomic E-state index is 13.8. The van der Waals surface area contributed by atoms with Crippen LogP contribution in [0.1, 0.15) is 16.8 Å². The number of hydrogen-bond donors (Lipinski definition) is 0. The van der Waals surface area contributed by atoms with Gasteiger partial charge in [-0.1, -0.05) is 15.9 Å². The van der Waals surface area contributed by atoms with Gasteiger partial charge in [-0.15, -0.1) is 0 Å². The van der Waals surface area contributed by atoms with Crippen LogP contribution in [-0.4, -0.2) is 56.0 Å². The minimum atomic E-state index is -3.26. The highest BCUT2D eigenvalue weighted by atomic mass is 79.9. The number of benzene rings is 1. The fourth-order valence-corrected chi connectivity index (χ4v) is 3.47. The molecule has 0 N–H and O–H groups in total. The van der Waals surface area contributed by atoms with Crippen LogP contribution >= 0.6 is 15.9 Å². The summed E-state index contributed by atoms with van der Waals surface area (Å²) in [5, 5.41) is 0. The lowest BCUT2D eigenvalue weighted by molar-refractivity contribution is 0.0759. The second kappa shape index (κ2) is 6.41. The van der Waals surface area contributed by atoms with Crippen LogP contribution in [-0.2, 0) is 10.0 Å². The number of nitrogens with zero attached hydrogens (tertiary/aromatic N) is 2. The first kappa shape index (κ1) is 16.4. The largest absolute Gasteiger partial charge is 0.337 e. The molecule has 1 aliphatic heterocycles. The summed E-state index contributed by atoms with van der Waals surface area (Å²) >= 11 is 3.15. The highest BCUT2D eigenvalue weighted by Gasteiger charge is 2.25. The Labute approximate surface area is 131 Å². The van der Waals surface area contributed by atoms with Gasteiger partial charge in [-0.3, -0.25) is 4.79 Å². The molecule has 0 unspecified atom stereocenters. The van der Waals surface area contributed by atoms with E-state index in [0.717, 1.165) is 6.26 Å². The van der Waals surface area contributed by atoms with E-state index in [2.05, 4.69) is 15.9 Å². The van der Waals surface area contributed by atoms with Crippen LogP contribution < -0.4 is 0 Å². The molecule has 0 atom stereocenters. The van der Waals surface area contributed by atoms with E-state index in [1.165, 1.54) is 21.3 Å². The number of halogens is 2. The number of carbonyl (C=O) groups is 1. The first-order valence-electron chi connectivity index (χ1n) is 6.48. The zero-order valence-corrected chi connectivity index (χ0v) is 14.0. The van der Waals surface area contributed by atoms with Crippen LogP contribution in [0.25, 0.3) is 0 Å². The van der Waals surface area contributed by atoms with Crippen LogP contribution in [0.15, 0.2) is 22.7 Å². The molecule has 0 aromatic heterocycles. The number of carbonyl (C=O) groups excluding carboxylic acids is 1. The molecular weight excluding hydrogens is 363 g/mol. The Balaban J connectivity index is 2.13. The summed E-state index contributed by atoms with van der Waals surface area (Å²) in [7, 11) is -3.26. The molecule has 0 spiro atoms. The minimum absolute atomic E-state index is 0.00556. The molecule has 0 bridgehead atoms. The van der Waals surface area contributed by atoms with Crippen molar-refractivity contribution in [2.24, 2.45) is 0 Å². The Kier molecular flexibility index (Phi) is 5.00. The van der Waals surface area contributed by atoms with Crippen molar-refractivity contribution in [1.82, 2.24) is 9.21 Å². The van der Waals surface area contributed by atoms with Gasteiger partial charge < -0.3 is 4.90 Å². The number of amides is 1. The molecule has 1 aromatic carbocycles. The average Bonchev–Trinajstić information content (AvgIpc) is 2.63. The van der Waals surface area contributed by atoms with Gasteiger partial charge in [0.1, 0.15) is 5.82 Å². The van der Waals surface area contributed by atoms with Crippen molar-refractivity contribution in [2.75, 3.05) is 32.4 Å². The van der Waals surface area contributed by atoms with Crippen LogP contribution in [0.2, 0.25) is 0 Å². The molecule has 8 heteroatoms. The summed E-state index contributed by atoms with van der Waals surface area (Å²) in [6, 6.07) is 4.28. The van der Waals surface area contributed by atoms with E-state index >= 15 is 0 Å². The van der Waals surface area contributed by atoms with Gasteiger partial charge in [-0.05, 0) is 24.6 Å². The number of rotatable bonds is 2. The van der Waals surface area contributed by atoms with Crippen molar-refractivity contribution in [3.63, 3.8) is 0 Å². The highest BCUT2D eigenvalue weighted by molar-refractivity contribution is 9.10. The lowest BCUT2D eigenvalue weighted by atomic mass is 10.2. The minimum Gasteiger partial charge on any atom is -0.337 e. The number of sulfonamides is 1. The molecule has 1 saturated heterocycles. The Hall–Kier alpha value is -0.990. The van der Waals surface area contributed by atoms with Crippen molar-refractivity contribution in [3.8, 4) is 0 Å². The second-order valence-electron chi connectivity index (χ2n) is 4.93. The van der Waals surface area contributed by atoms with Crippen molar-refractivity contribution < 1.29 is 17.6 Å². The maximum Gasteiger partial charge on any atom is 0.256 e. The zero-order valence-electron chi connectivity index (χ0n) is 11.6. The van der Waals surface area contributed by atoms with E-state index in [9.17, 15) is 17.6 Å². The predicted molar refractivity (Wildman–Crippen MR) is 81.0 cm³/mol. The quantitative estimate of drug-likeness (QED) is 0.786. The Morgan fingerprint density at radius 2 is 1.95 bits per heavy atom. The first-order chi connectivity index (χ1) is 9.79. The van der Waals surface area contributed by atoms with Gasteiger partial charge in [0.05, 0.1) is 11.8 Å². The third kappa shape index (κ3) is 4.02. The third-order valence-corrected chi connectivity index (χ3v) is 5.17. The predicted octanol–water partition coefficient (Wildman–Crippen LogP) is 1.70. The molecule has 1 amide bonds. The van der Waals surface area contributed by atoms with Gasteiger partial charge >= 0.3 is 0 Å². The van der Waals surface area contributed by atoms with Gasteiger partial charge in [0.15, 0.2) is 0 Å². The maximum absolute atomic E-state index is 13.8. The normalized spacial score (nSPS) is 17.6. The second-order valence-corrected chi connectivity index (χ2v) is 7.83. The Morgan fingerprint density at radius 1 is 1.24 bits per heavy atom. The smallest absolute Gasteiger partial charge is 0.256 e. The summed E-state index contributed by atoms with van der Waals surface area (Å²) in [4.78, 5) is 13.8. The topological polar surface area (TPSA) is 57.7 Å². The average molecular weight is 379 g/mol. The fraction of sp³-hybridized carbons (Fsp3) is 0.462. The van der Waals surface area contributed by atoms with E-state index in [0.29, 0.717) is 24.0 Å². The third-order valence-electron chi connectivity index (χ3n) is 3.37.